The van der Waals surface area contributed by atoms with Crippen LogP contribution in [0.2, 0.25) is 0 Å². The lowest BCUT2D eigenvalue weighted by Crippen LogP contribution is -2.19. The standard InChI is InChI=1S/C72H52N2/c1-71(2)61-31-19-17-29-55(61)67-60-44-50(36-40-64(60)74(69(67)71)52-27-15-8-16-28-52)48-34-38-54-58(42-48)66(46-23-11-6-12-24-46)53-37-33-47(41-57(53)65(54)45-21-9-5-10-22-45)49-35-39-62-59(43-49)68-56-30-18-20-32-63(56)73(70(68)72(62,3)4)51-25-13-7-14-26-51/h5-44H,1-4H3. The average molecular weight is 945 g/mol. The fourth-order valence-corrected chi connectivity index (χ4v) is 13.5. The van der Waals surface area contributed by atoms with Crippen LogP contribution in [0.4, 0.5) is 0 Å². The van der Waals surface area contributed by atoms with Gasteiger partial charge in [-0.05, 0) is 149 Å². The molecular weight excluding hydrogens is 893 g/mol. The predicted octanol–water partition coefficient (Wildman–Crippen LogP) is 19.2. The first kappa shape index (κ1) is 42.7. The summed E-state index contributed by atoms with van der Waals surface area (Å²) in [6.45, 7) is 9.56. The molecule has 0 radical (unpaired) electrons. The molecule has 0 aliphatic heterocycles. The van der Waals surface area contributed by atoms with E-state index < -0.39 is 0 Å². The summed E-state index contributed by atoms with van der Waals surface area (Å²) in [4.78, 5) is 0. The van der Waals surface area contributed by atoms with Crippen molar-refractivity contribution in [3.8, 4) is 78.1 Å². The molecule has 0 N–H and O–H groups in total. The van der Waals surface area contributed by atoms with Gasteiger partial charge in [0.05, 0.1) is 11.0 Å². The lowest BCUT2D eigenvalue weighted by Gasteiger charge is -2.25. The Morgan fingerprint density at radius 2 is 0.662 bits per heavy atom. The van der Waals surface area contributed by atoms with E-state index in [0.717, 1.165) is 0 Å². The van der Waals surface area contributed by atoms with Gasteiger partial charge in [0.25, 0.3) is 0 Å². The highest BCUT2D eigenvalue weighted by Gasteiger charge is 2.42. The van der Waals surface area contributed by atoms with Gasteiger partial charge < -0.3 is 9.13 Å². The summed E-state index contributed by atoms with van der Waals surface area (Å²) in [5, 5.41) is 7.55. The molecule has 2 aliphatic rings. The van der Waals surface area contributed by atoms with E-state index in [4.69, 9.17) is 0 Å². The quantitative estimate of drug-likeness (QED) is 0.147. The maximum Gasteiger partial charge on any atom is 0.0538 e. The smallest absolute Gasteiger partial charge is 0.0538 e. The summed E-state index contributed by atoms with van der Waals surface area (Å²) in [5.41, 5.74) is 25.0. The molecule has 350 valence electrons. The Balaban J connectivity index is 0.949. The van der Waals surface area contributed by atoms with Crippen LogP contribution in [0.1, 0.15) is 50.2 Å². The van der Waals surface area contributed by atoms with Gasteiger partial charge in [-0.1, -0.05) is 210 Å². The molecule has 0 unspecified atom stereocenters. The summed E-state index contributed by atoms with van der Waals surface area (Å²) < 4.78 is 5.01. The third-order valence-electron chi connectivity index (χ3n) is 16.8. The average Bonchev–Trinajstić information content (AvgIpc) is 4.15. The van der Waals surface area contributed by atoms with Gasteiger partial charge in [-0.15, -0.1) is 0 Å². The number of benzene rings is 11. The fourth-order valence-electron chi connectivity index (χ4n) is 13.5. The molecular formula is C72H52N2. The summed E-state index contributed by atoms with van der Waals surface area (Å²) in [6, 6.07) is 90.7. The Kier molecular flexibility index (Phi) is 9.09. The molecule has 2 heterocycles. The second-order valence-electron chi connectivity index (χ2n) is 21.6. The normalized spacial score (nSPS) is 13.9. The minimum atomic E-state index is -0.203. The molecule has 0 bridgehead atoms. The van der Waals surface area contributed by atoms with Crippen LogP contribution in [-0.4, -0.2) is 9.13 Å². The van der Waals surface area contributed by atoms with Crippen LogP contribution in [0.3, 0.4) is 0 Å². The first-order valence-corrected chi connectivity index (χ1v) is 26.1. The Morgan fingerprint density at radius 3 is 1.23 bits per heavy atom. The van der Waals surface area contributed by atoms with Gasteiger partial charge in [0.15, 0.2) is 0 Å². The van der Waals surface area contributed by atoms with Crippen molar-refractivity contribution in [3.63, 3.8) is 0 Å². The molecule has 15 rings (SSSR count). The molecule has 2 heteroatoms. The van der Waals surface area contributed by atoms with Gasteiger partial charge >= 0.3 is 0 Å². The first-order valence-electron chi connectivity index (χ1n) is 26.1. The SMILES string of the molecule is CC1(C)c2ccc(-c3ccc4c(-c5ccccc5)c5cc(-c6ccc7c(c6)c6c(n7-c7ccccc7)C(C)(C)c7ccccc7-6)ccc5c(-c5ccccc5)c4c3)cc2-c2c1n(-c1ccccc1)c1ccccc21. The van der Waals surface area contributed by atoms with Crippen LogP contribution in [0.5, 0.6) is 0 Å². The zero-order valence-electron chi connectivity index (χ0n) is 42.0. The third kappa shape index (κ3) is 6.00. The van der Waals surface area contributed by atoms with Crippen LogP contribution in [-0.2, 0) is 10.8 Å². The van der Waals surface area contributed by atoms with E-state index >= 15 is 0 Å². The highest BCUT2D eigenvalue weighted by atomic mass is 15.0. The van der Waals surface area contributed by atoms with Crippen molar-refractivity contribution in [2.45, 2.75) is 38.5 Å². The van der Waals surface area contributed by atoms with E-state index in [1.54, 1.807) is 0 Å². The zero-order chi connectivity index (χ0) is 49.5. The highest BCUT2D eigenvalue weighted by Crippen LogP contribution is 2.56. The number of fused-ring (bicyclic) bond motifs is 12. The first-order chi connectivity index (χ1) is 36.3. The van der Waals surface area contributed by atoms with Crippen LogP contribution in [0, 0.1) is 0 Å². The molecule has 2 aliphatic carbocycles. The van der Waals surface area contributed by atoms with Gasteiger partial charge in [-0.3, -0.25) is 0 Å². The van der Waals surface area contributed by atoms with E-state index in [0.29, 0.717) is 0 Å². The lowest BCUT2D eigenvalue weighted by molar-refractivity contribution is 0.623. The van der Waals surface area contributed by atoms with Crippen molar-refractivity contribution >= 4 is 43.4 Å². The van der Waals surface area contributed by atoms with Gasteiger partial charge in [0.1, 0.15) is 0 Å². The van der Waals surface area contributed by atoms with Crippen molar-refractivity contribution in [2.75, 3.05) is 0 Å². The Labute approximate surface area is 432 Å². The van der Waals surface area contributed by atoms with E-state index in [2.05, 4.69) is 279 Å². The monoisotopic (exact) mass is 944 g/mol. The van der Waals surface area contributed by atoms with E-state index in [-0.39, 0.29) is 10.8 Å². The van der Waals surface area contributed by atoms with Crippen molar-refractivity contribution in [1.29, 1.82) is 0 Å². The van der Waals surface area contributed by atoms with Crippen molar-refractivity contribution in [3.05, 3.63) is 265 Å². The van der Waals surface area contributed by atoms with E-state index in [9.17, 15) is 0 Å². The van der Waals surface area contributed by atoms with Crippen LogP contribution < -0.4 is 0 Å². The molecule has 11 aromatic carbocycles. The molecule has 0 atom stereocenters. The van der Waals surface area contributed by atoms with Gasteiger partial charge in [0.2, 0.25) is 0 Å². The number of hydrogen-bond donors (Lipinski definition) is 0. The fraction of sp³-hybridized carbons (Fsp3) is 0.0833. The number of para-hydroxylation sites is 3. The molecule has 2 aromatic heterocycles. The van der Waals surface area contributed by atoms with Gasteiger partial charge in [-0.25, -0.2) is 0 Å². The number of hydrogen-bond acceptors (Lipinski definition) is 0. The summed E-state index contributed by atoms with van der Waals surface area (Å²) in [7, 11) is 0. The van der Waals surface area contributed by atoms with Crippen LogP contribution >= 0.6 is 0 Å². The molecule has 0 saturated carbocycles. The highest BCUT2D eigenvalue weighted by molar-refractivity contribution is 6.23. The maximum atomic E-state index is 2.51. The third-order valence-corrected chi connectivity index (χ3v) is 16.8. The number of nitrogens with zero attached hydrogens (tertiary/aromatic N) is 2. The van der Waals surface area contributed by atoms with Crippen molar-refractivity contribution in [1.82, 2.24) is 9.13 Å². The van der Waals surface area contributed by atoms with Crippen LogP contribution in [0.15, 0.2) is 243 Å². The summed E-state index contributed by atoms with van der Waals surface area (Å²) in [5.74, 6) is 0. The topological polar surface area (TPSA) is 9.86 Å². The maximum absolute atomic E-state index is 2.51. The molecule has 0 fully saturated rings. The molecule has 0 saturated heterocycles. The Hall–Kier alpha value is -8.98. The Bertz CT molecular complexity index is 4440. The zero-order valence-corrected chi connectivity index (χ0v) is 42.0. The minimum absolute atomic E-state index is 0.172. The van der Waals surface area contributed by atoms with Crippen molar-refractivity contribution in [2.24, 2.45) is 0 Å². The lowest BCUT2D eigenvalue weighted by atomic mass is 9.83. The molecule has 2 nitrogen and oxygen atoms in total. The Morgan fingerprint density at radius 1 is 0.257 bits per heavy atom. The van der Waals surface area contributed by atoms with E-state index in [1.807, 2.05) is 0 Å². The second kappa shape index (κ2) is 15.8. The summed E-state index contributed by atoms with van der Waals surface area (Å²) in [6.07, 6.45) is 0. The van der Waals surface area contributed by atoms with Crippen molar-refractivity contribution < 1.29 is 0 Å². The molecule has 0 spiro atoms. The predicted molar refractivity (Wildman–Crippen MR) is 312 cm³/mol. The van der Waals surface area contributed by atoms with Gasteiger partial charge in [0, 0.05) is 55.5 Å². The van der Waals surface area contributed by atoms with Crippen LogP contribution in [0.25, 0.3) is 121 Å². The molecule has 13 aromatic rings. The van der Waals surface area contributed by atoms with E-state index in [1.165, 1.54) is 144 Å². The summed E-state index contributed by atoms with van der Waals surface area (Å²) >= 11 is 0. The largest absolute Gasteiger partial charge is 0.312 e. The number of rotatable bonds is 6. The van der Waals surface area contributed by atoms with Gasteiger partial charge in [-0.2, -0.15) is 0 Å². The second-order valence-corrected chi connectivity index (χ2v) is 21.6. The minimum Gasteiger partial charge on any atom is -0.312 e. The molecule has 0 amide bonds. The molecule has 74 heavy (non-hydrogen) atoms. The number of aromatic nitrogens is 2.